The number of anilines is 2. The van der Waals surface area contributed by atoms with Crippen LogP contribution in [0.4, 0.5) is 17.1 Å². The molecule has 0 radical (unpaired) electrons. The molecule has 4 amide bonds. The molecule has 6 atom stereocenters. The highest BCUT2D eigenvalue weighted by molar-refractivity contribution is 6.36. The van der Waals surface area contributed by atoms with E-state index in [0.29, 0.717) is 27.5 Å². The van der Waals surface area contributed by atoms with Crippen molar-refractivity contribution in [2.24, 2.45) is 23.7 Å². The summed E-state index contributed by atoms with van der Waals surface area (Å²) in [6, 6.07) is 21.5. The number of benzene rings is 4. The first-order chi connectivity index (χ1) is 26.9. The van der Waals surface area contributed by atoms with Crippen LogP contribution in [0, 0.1) is 33.8 Å². The van der Waals surface area contributed by atoms with E-state index in [-0.39, 0.29) is 53.0 Å². The van der Waals surface area contributed by atoms with E-state index < -0.39 is 63.6 Å². The van der Waals surface area contributed by atoms with Crippen molar-refractivity contribution in [1.82, 2.24) is 5.01 Å². The van der Waals surface area contributed by atoms with Crippen LogP contribution in [0.5, 0.6) is 17.2 Å². The molecule has 2 heterocycles. The lowest BCUT2D eigenvalue weighted by Crippen LogP contribution is -2.53. The second-order valence-electron chi connectivity index (χ2n) is 14.2. The van der Waals surface area contributed by atoms with Crippen LogP contribution in [0.3, 0.4) is 0 Å². The molecule has 8 rings (SSSR count). The molecule has 13 nitrogen and oxygen atoms in total. The van der Waals surface area contributed by atoms with Crippen molar-refractivity contribution in [3.05, 3.63) is 128 Å². The Balaban J connectivity index is 1.32. The Morgan fingerprint density at radius 3 is 2.32 bits per heavy atom. The monoisotopic (exact) mass is 796 g/mol. The van der Waals surface area contributed by atoms with Gasteiger partial charge in [0.1, 0.15) is 5.75 Å². The lowest BCUT2D eigenvalue weighted by Gasteiger charge is -2.50. The molecule has 15 heteroatoms. The summed E-state index contributed by atoms with van der Waals surface area (Å²) in [6.45, 7) is 2.00. The first-order valence-corrected chi connectivity index (χ1v) is 18.7. The minimum Gasteiger partial charge on any atom is -0.504 e. The highest BCUT2D eigenvalue weighted by atomic mass is 35.5. The van der Waals surface area contributed by atoms with Gasteiger partial charge in [-0.05, 0) is 91.4 Å². The summed E-state index contributed by atoms with van der Waals surface area (Å²) in [5, 5.41) is 23.7. The molecule has 4 aromatic carbocycles. The molecule has 286 valence electrons. The fourth-order valence-electron chi connectivity index (χ4n) is 9.18. The third-order valence-corrected chi connectivity index (χ3v) is 12.1. The lowest BCUT2D eigenvalue weighted by molar-refractivity contribution is -0.384. The summed E-state index contributed by atoms with van der Waals surface area (Å²) in [5.41, 5.74) is 3.34. The minimum atomic E-state index is -1.62. The van der Waals surface area contributed by atoms with Crippen LogP contribution >= 0.6 is 23.2 Å². The average Bonchev–Trinajstić information content (AvgIpc) is 3.57. The number of non-ortho nitro benzene ring substituents is 1. The summed E-state index contributed by atoms with van der Waals surface area (Å²) < 4.78 is 11.3. The van der Waals surface area contributed by atoms with Gasteiger partial charge < -0.3 is 14.6 Å². The topological polar surface area (TPSA) is 169 Å². The summed E-state index contributed by atoms with van der Waals surface area (Å²) in [6.07, 6.45) is 2.08. The second-order valence-corrected chi connectivity index (χ2v) is 15.0. The van der Waals surface area contributed by atoms with Gasteiger partial charge in [0.25, 0.3) is 17.5 Å². The Morgan fingerprint density at radius 2 is 1.66 bits per heavy atom. The molecule has 2 saturated heterocycles. The standard InChI is InChI=1S/C41H34Cl2N4O9/c1-3-56-34-18-21(4-17-33(34)48)36-27-14-15-28-35(39(51)45(37(28)49)24-8-10-25(11-9-24)47(53)54)29(27)20-30-38(50)46(44-32-16-7-23(42)19-31(32)43)40(52)41(30,36)22-5-12-26(55-2)13-6-22/h4-14,16-19,28-30,35-36,44,48H,3,15,20H2,1-2H3. The van der Waals surface area contributed by atoms with Gasteiger partial charge in [-0.3, -0.25) is 39.6 Å². The third kappa shape index (κ3) is 5.59. The fraction of sp³-hybridized carbons (Fsp3) is 0.268. The highest BCUT2D eigenvalue weighted by Crippen LogP contribution is 2.64. The molecule has 0 bridgehead atoms. The number of carbonyl (C=O) groups excluding carboxylic acids is 4. The number of nitro groups is 1. The summed E-state index contributed by atoms with van der Waals surface area (Å²) in [7, 11) is 1.52. The van der Waals surface area contributed by atoms with Crippen LogP contribution in [0.15, 0.2) is 96.6 Å². The van der Waals surface area contributed by atoms with E-state index >= 15 is 4.79 Å². The lowest BCUT2D eigenvalue weighted by atomic mass is 9.49. The van der Waals surface area contributed by atoms with Crippen LogP contribution in [-0.4, -0.2) is 52.4 Å². The van der Waals surface area contributed by atoms with Crippen LogP contribution in [-0.2, 0) is 24.6 Å². The van der Waals surface area contributed by atoms with Crippen molar-refractivity contribution in [2.75, 3.05) is 24.0 Å². The number of methoxy groups -OCH3 is 1. The van der Waals surface area contributed by atoms with Gasteiger partial charge >= 0.3 is 0 Å². The van der Waals surface area contributed by atoms with Gasteiger partial charge in [0.05, 0.1) is 58.2 Å². The molecule has 0 spiro atoms. The van der Waals surface area contributed by atoms with E-state index in [1.54, 1.807) is 55.5 Å². The van der Waals surface area contributed by atoms with E-state index in [1.807, 2.05) is 6.08 Å². The SMILES string of the molecule is CCOc1cc(C2C3=CCC4C(=O)N(c5ccc([N+](=O)[O-])cc5)C(=O)C4C3CC3C(=O)N(Nc4ccc(Cl)cc4Cl)C(=O)C32c2ccc(OC)cc2)ccc1O. The van der Waals surface area contributed by atoms with Crippen molar-refractivity contribution in [3.8, 4) is 17.2 Å². The molecule has 4 aliphatic rings. The number of phenols is 1. The summed E-state index contributed by atoms with van der Waals surface area (Å²) in [4.78, 5) is 70.9. The average molecular weight is 798 g/mol. The van der Waals surface area contributed by atoms with Gasteiger partial charge in [0.15, 0.2) is 11.5 Å². The number of phenolic OH excluding ortho intramolecular Hbond substituents is 1. The number of nitrogens with zero attached hydrogens (tertiary/aromatic N) is 3. The Hall–Kier alpha value is -5.92. The van der Waals surface area contributed by atoms with Gasteiger partial charge in [0, 0.05) is 23.1 Å². The molecule has 2 aliphatic heterocycles. The molecular weight excluding hydrogens is 763 g/mol. The molecule has 6 unspecified atom stereocenters. The number of hydrogen-bond donors (Lipinski definition) is 2. The largest absolute Gasteiger partial charge is 0.504 e. The zero-order chi connectivity index (χ0) is 39.6. The molecule has 2 N–H and O–H groups in total. The maximum absolute atomic E-state index is 15.5. The van der Waals surface area contributed by atoms with E-state index in [1.165, 1.54) is 43.5 Å². The normalized spacial score (nSPS) is 25.4. The molecule has 3 fully saturated rings. The quantitative estimate of drug-likeness (QED) is 0.0765. The van der Waals surface area contributed by atoms with E-state index in [0.717, 1.165) is 9.91 Å². The Bertz CT molecular complexity index is 2350. The van der Waals surface area contributed by atoms with Gasteiger partial charge in [-0.15, -0.1) is 0 Å². The predicted octanol–water partition coefficient (Wildman–Crippen LogP) is 7.20. The van der Waals surface area contributed by atoms with Crippen molar-refractivity contribution >= 4 is 63.9 Å². The number of ether oxygens (including phenoxy) is 2. The number of nitro benzene ring substituents is 1. The number of aromatic hydroxyl groups is 1. The maximum atomic E-state index is 15.5. The molecule has 4 aromatic rings. The fourth-order valence-corrected chi connectivity index (χ4v) is 9.63. The number of hydrazine groups is 1. The molecular formula is C41H34Cl2N4O9. The van der Waals surface area contributed by atoms with Crippen LogP contribution < -0.4 is 19.8 Å². The van der Waals surface area contributed by atoms with Gasteiger partial charge in [-0.1, -0.05) is 53.1 Å². The highest BCUT2D eigenvalue weighted by Gasteiger charge is 2.70. The molecule has 0 aromatic heterocycles. The van der Waals surface area contributed by atoms with Crippen molar-refractivity contribution in [3.63, 3.8) is 0 Å². The zero-order valence-electron chi connectivity index (χ0n) is 30.0. The van der Waals surface area contributed by atoms with Crippen LogP contribution in [0.1, 0.15) is 36.8 Å². The number of halogens is 2. The number of fused-ring (bicyclic) bond motifs is 4. The number of rotatable bonds is 9. The Morgan fingerprint density at radius 1 is 0.929 bits per heavy atom. The smallest absolute Gasteiger partial charge is 0.269 e. The molecule has 2 aliphatic carbocycles. The minimum absolute atomic E-state index is 0.0240. The van der Waals surface area contributed by atoms with E-state index in [2.05, 4.69) is 5.43 Å². The van der Waals surface area contributed by atoms with Gasteiger partial charge in [-0.2, -0.15) is 5.01 Å². The zero-order valence-corrected chi connectivity index (χ0v) is 31.5. The number of allylic oxidation sites excluding steroid dienone is 2. The van der Waals surface area contributed by atoms with Crippen molar-refractivity contribution in [2.45, 2.75) is 31.1 Å². The van der Waals surface area contributed by atoms with E-state index in [4.69, 9.17) is 32.7 Å². The Kier molecular flexibility index (Phi) is 9.24. The van der Waals surface area contributed by atoms with Gasteiger partial charge in [0.2, 0.25) is 11.8 Å². The number of nitrogens with one attached hydrogen (secondary N) is 1. The molecule has 56 heavy (non-hydrogen) atoms. The number of amides is 4. The molecule has 1 saturated carbocycles. The number of imide groups is 2. The predicted molar refractivity (Wildman–Crippen MR) is 205 cm³/mol. The summed E-state index contributed by atoms with van der Waals surface area (Å²) >= 11 is 12.7. The first-order valence-electron chi connectivity index (χ1n) is 17.9. The Labute approximate surface area is 330 Å². The number of hydrogen-bond acceptors (Lipinski definition) is 10. The first kappa shape index (κ1) is 37.0. The van der Waals surface area contributed by atoms with Gasteiger partial charge in [-0.25, -0.2) is 0 Å². The van der Waals surface area contributed by atoms with Crippen molar-refractivity contribution in [1.29, 1.82) is 0 Å². The third-order valence-electron chi connectivity index (χ3n) is 11.5. The van der Waals surface area contributed by atoms with Crippen LogP contribution in [0.2, 0.25) is 10.0 Å². The van der Waals surface area contributed by atoms with E-state index in [9.17, 15) is 29.6 Å². The second kappa shape index (κ2) is 14.0. The van der Waals surface area contributed by atoms with Crippen LogP contribution in [0.25, 0.3) is 0 Å². The summed E-state index contributed by atoms with van der Waals surface area (Å²) in [5.74, 6) is -5.90. The van der Waals surface area contributed by atoms with Crippen molar-refractivity contribution < 1.29 is 38.7 Å². The maximum Gasteiger partial charge on any atom is 0.269 e. The number of carbonyl (C=O) groups is 4.